The molecule has 8 heteroatoms. The molecule has 1 heterocycles. The second-order valence-corrected chi connectivity index (χ2v) is 5.41. The molecule has 0 bridgehead atoms. The molecule has 1 aromatic carbocycles. The monoisotopic (exact) mass is 308 g/mol. The van der Waals surface area contributed by atoms with Crippen LogP contribution in [0, 0.1) is 10.1 Å². The topological polar surface area (TPSA) is 90.2 Å². The van der Waals surface area contributed by atoms with Crippen molar-refractivity contribution in [2.75, 3.05) is 20.7 Å². The van der Waals surface area contributed by atoms with Gasteiger partial charge in [0, 0.05) is 18.1 Å². The average Bonchev–Trinajstić information content (AvgIpc) is 2.95. The van der Waals surface area contributed by atoms with Gasteiger partial charge in [-0.2, -0.15) is 0 Å². The third-order valence-electron chi connectivity index (χ3n) is 2.91. The Morgan fingerprint density at radius 1 is 1.43 bits per heavy atom. The summed E-state index contributed by atoms with van der Waals surface area (Å²) < 4.78 is 4.99. The Morgan fingerprint density at radius 2 is 2.24 bits per heavy atom. The van der Waals surface area contributed by atoms with Crippen LogP contribution in [0.25, 0.3) is 10.6 Å². The van der Waals surface area contributed by atoms with Crippen LogP contribution in [0.1, 0.15) is 11.4 Å². The number of nitro benzene ring substituents is 1. The fourth-order valence-corrected chi connectivity index (χ4v) is 2.73. The molecule has 0 aliphatic heterocycles. The Morgan fingerprint density at radius 3 is 2.90 bits per heavy atom. The van der Waals surface area contributed by atoms with E-state index in [9.17, 15) is 10.1 Å². The Hall–Kier alpha value is -2.06. The van der Waals surface area contributed by atoms with Gasteiger partial charge in [0.1, 0.15) is 10.0 Å². The number of nitrogens with zero attached hydrogens (tertiary/aromatic N) is 3. The minimum Gasteiger partial charge on any atom is -0.490 e. The first-order valence-corrected chi connectivity index (χ1v) is 7.27. The minimum absolute atomic E-state index is 0.0677. The Labute approximate surface area is 126 Å². The van der Waals surface area contributed by atoms with Crippen LogP contribution in [-0.4, -0.2) is 35.8 Å². The molecule has 0 atom stereocenters. The lowest BCUT2D eigenvalue weighted by molar-refractivity contribution is -0.385. The highest BCUT2D eigenvalue weighted by Crippen LogP contribution is 2.33. The second kappa shape index (κ2) is 7.09. The maximum atomic E-state index is 11.0. The van der Waals surface area contributed by atoms with Gasteiger partial charge in [-0.25, -0.2) is 0 Å². The van der Waals surface area contributed by atoms with E-state index >= 15 is 0 Å². The third-order valence-corrected chi connectivity index (χ3v) is 3.94. The lowest BCUT2D eigenvalue weighted by Gasteiger charge is -2.02. The van der Waals surface area contributed by atoms with Crippen molar-refractivity contribution in [1.82, 2.24) is 15.5 Å². The zero-order valence-electron chi connectivity index (χ0n) is 11.8. The standard InChI is InChI=1S/C13H16N4O3S/c1-14-7-3-4-12-15-16-13(21-12)9-5-6-11(20-2)10(8-9)17(18)19/h5-6,8,14H,3-4,7H2,1-2H3. The molecule has 0 spiro atoms. The van der Waals surface area contributed by atoms with Gasteiger partial charge >= 0.3 is 5.69 Å². The quantitative estimate of drug-likeness (QED) is 0.479. The number of aromatic nitrogens is 2. The van der Waals surface area contributed by atoms with Crippen molar-refractivity contribution in [3.8, 4) is 16.3 Å². The molecule has 2 rings (SSSR count). The highest BCUT2D eigenvalue weighted by molar-refractivity contribution is 7.14. The Kier molecular flexibility index (Phi) is 5.18. The summed E-state index contributed by atoms with van der Waals surface area (Å²) in [4.78, 5) is 10.6. The molecule has 0 aliphatic carbocycles. The number of hydrogen-bond acceptors (Lipinski definition) is 7. The summed E-state index contributed by atoms with van der Waals surface area (Å²) in [7, 11) is 3.31. The fraction of sp³-hybridized carbons (Fsp3) is 0.385. The van der Waals surface area contributed by atoms with Crippen LogP contribution in [0.3, 0.4) is 0 Å². The van der Waals surface area contributed by atoms with E-state index in [0.717, 1.165) is 24.4 Å². The van der Waals surface area contributed by atoms with E-state index in [1.165, 1.54) is 24.5 Å². The van der Waals surface area contributed by atoms with Gasteiger partial charge in [0.05, 0.1) is 12.0 Å². The summed E-state index contributed by atoms with van der Waals surface area (Å²) in [6.45, 7) is 0.920. The van der Waals surface area contributed by atoms with Crippen LogP contribution in [-0.2, 0) is 6.42 Å². The predicted octanol–water partition coefficient (Wildman–Crippen LogP) is 2.27. The summed E-state index contributed by atoms with van der Waals surface area (Å²) in [5, 5.41) is 23.9. The minimum atomic E-state index is -0.461. The average molecular weight is 308 g/mol. The van der Waals surface area contributed by atoms with E-state index in [-0.39, 0.29) is 11.4 Å². The van der Waals surface area contributed by atoms with Crippen LogP contribution < -0.4 is 10.1 Å². The molecule has 0 unspecified atom stereocenters. The fourth-order valence-electron chi connectivity index (χ4n) is 1.85. The highest BCUT2D eigenvalue weighted by Gasteiger charge is 2.17. The first-order chi connectivity index (χ1) is 10.2. The van der Waals surface area contributed by atoms with E-state index in [4.69, 9.17) is 4.74 Å². The number of nitrogens with one attached hydrogen (secondary N) is 1. The molecule has 2 aromatic rings. The molecular formula is C13H16N4O3S. The lowest BCUT2D eigenvalue weighted by Crippen LogP contribution is -2.08. The second-order valence-electron chi connectivity index (χ2n) is 4.35. The first-order valence-electron chi connectivity index (χ1n) is 6.45. The smallest absolute Gasteiger partial charge is 0.311 e. The van der Waals surface area contributed by atoms with Crippen molar-refractivity contribution in [2.24, 2.45) is 0 Å². The van der Waals surface area contributed by atoms with Crippen molar-refractivity contribution in [1.29, 1.82) is 0 Å². The molecule has 1 aromatic heterocycles. The van der Waals surface area contributed by atoms with Gasteiger partial charge in [0.25, 0.3) is 0 Å². The number of methoxy groups -OCH3 is 1. The molecule has 7 nitrogen and oxygen atoms in total. The number of rotatable bonds is 7. The molecule has 112 valence electrons. The first kappa shape index (κ1) is 15.3. The van der Waals surface area contributed by atoms with Crippen molar-refractivity contribution in [3.63, 3.8) is 0 Å². The van der Waals surface area contributed by atoms with Crippen molar-refractivity contribution >= 4 is 17.0 Å². The maximum absolute atomic E-state index is 11.0. The summed E-state index contributed by atoms with van der Waals surface area (Å²) in [6, 6.07) is 4.80. The van der Waals surface area contributed by atoms with Crippen molar-refractivity contribution in [3.05, 3.63) is 33.3 Å². The van der Waals surface area contributed by atoms with E-state index in [1.54, 1.807) is 12.1 Å². The largest absolute Gasteiger partial charge is 0.490 e. The zero-order chi connectivity index (χ0) is 15.2. The maximum Gasteiger partial charge on any atom is 0.311 e. The van der Waals surface area contributed by atoms with Crippen LogP contribution in [0.5, 0.6) is 5.75 Å². The molecular weight excluding hydrogens is 292 g/mol. The van der Waals surface area contributed by atoms with Gasteiger partial charge in [-0.05, 0) is 32.1 Å². The van der Waals surface area contributed by atoms with Gasteiger partial charge in [-0.15, -0.1) is 10.2 Å². The van der Waals surface area contributed by atoms with Crippen LogP contribution in [0.2, 0.25) is 0 Å². The summed E-state index contributed by atoms with van der Waals surface area (Å²) in [5.74, 6) is 0.238. The molecule has 0 saturated heterocycles. The van der Waals surface area contributed by atoms with E-state index in [1.807, 2.05) is 7.05 Å². The zero-order valence-corrected chi connectivity index (χ0v) is 12.6. The van der Waals surface area contributed by atoms with E-state index in [2.05, 4.69) is 15.5 Å². The molecule has 0 amide bonds. The number of aryl methyl sites for hydroxylation is 1. The van der Waals surface area contributed by atoms with E-state index in [0.29, 0.717) is 10.6 Å². The van der Waals surface area contributed by atoms with E-state index < -0.39 is 4.92 Å². The van der Waals surface area contributed by atoms with Crippen molar-refractivity contribution < 1.29 is 9.66 Å². The van der Waals surface area contributed by atoms with Gasteiger partial charge in [0.2, 0.25) is 0 Å². The predicted molar refractivity (Wildman–Crippen MR) is 80.8 cm³/mol. The van der Waals surface area contributed by atoms with Gasteiger partial charge in [-0.3, -0.25) is 10.1 Å². The molecule has 0 radical (unpaired) electrons. The molecule has 0 aliphatic rings. The molecule has 1 N–H and O–H groups in total. The molecule has 0 fully saturated rings. The van der Waals surface area contributed by atoms with Gasteiger partial charge < -0.3 is 10.1 Å². The van der Waals surface area contributed by atoms with Crippen LogP contribution in [0.15, 0.2) is 18.2 Å². The van der Waals surface area contributed by atoms with Crippen LogP contribution in [0.4, 0.5) is 5.69 Å². The highest BCUT2D eigenvalue weighted by atomic mass is 32.1. The number of benzene rings is 1. The third kappa shape index (κ3) is 3.73. The normalized spacial score (nSPS) is 10.6. The van der Waals surface area contributed by atoms with Crippen molar-refractivity contribution in [2.45, 2.75) is 12.8 Å². The number of ether oxygens (including phenoxy) is 1. The summed E-state index contributed by atoms with van der Waals surface area (Å²) in [5.41, 5.74) is 0.613. The Balaban J connectivity index is 2.22. The molecule has 0 saturated carbocycles. The molecule has 21 heavy (non-hydrogen) atoms. The summed E-state index contributed by atoms with van der Waals surface area (Å²) >= 11 is 1.46. The Bertz CT molecular complexity index is 630. The van der Waals surface area contributed by atoms with Gasteiger partial charge in [-0.1, -0.05) is 11.3 Å². The van der Waals surface area contributed by atoms with Crippen LogP contribution >= 0.6 is 11.3 Å². The number of nitro groups is 1. The number of hydrogen-bond donors (Lipinski definition) is 1. The SMILES string of the molecule is CNCCCc1nnc(-c2ccc(OC)c([N+](=O)[O-])c2)s1. The van der Waals surface area contributed by atoms with Gasteiger partial charge in [0.15, 0.2) is 5.75 Å². The summed E-state index contributed by atoms with van der Waals surface area (Å²) in [6.07, 6.45) is 1.82. The lowest BCUT2D eigenvalue weighted by atomic mass is 10.2.